The lowest BCUT2D eigenvalue weighted by Crippen LogP contribution is -2.62. The van der Waals surface area contributed by atoms with Crippen molar-refractivity contribution in [3.8, 4) is 0 Å². The van der Waals surface area contributed by atoms with Gasteiger partial charge in [0.25, 0.3) is 0 Å². The fourth-order valence-electron chi connectivity index (χ4n) is 7.53. The van der Waals surface area contributed by atoms with Crippen molar-refractivity contribution in [2.45, 2.75) is 127 Å². The van der Waals surface area contributed by atoms with Crippen molar-refractivity contribution in [2.75, 3.05) is 20.1 Å². The van der Waals surface area contributed by atoms with Gasteiger partial charge in [-0.2, -0.15) is 0 Å². The second-order valence-corrected chi connectivity index (χ2v) is 15.9. The number of nitrogens with one attached hydrogen (secondary N) is 4. The van der Waals surface area contributed by atoms with Crippen LogP contribution in [0.3, 0.4) is 0 Å². The summed E-state index contributed by atoms with van der Waals surface area (Å²) in [6.45, 7) is 3.84. The Balaban J connectivity index is 2.14. The zero-order valence-corrected chi connectivity index (χ0v) is 36.1. The third-order valence-corrected chi connectivity index (χ3v) is 11.3. The van der Waals surface area contributed by atoms with E-state index in [-0.39, 0.29) is 51.6 Å². The molecule has 1 heterocycles. The van der Waals surface area contributed by atoms with E-state index in [2.05, 4.69) is 21.3 Å². The van der Waals surface area contributed by atoms with Gasteiger partial charge in [-0.3, -0.25) is 33.7 Å². The maximum Gasteiger partial charge on any atom is 0.326 e. The average Bonchev–Trinajstić information content (AvgIpc) is 3.24. The monoisotopic (exact) mass is 863 g/mol. The molecule has 62 heavy (non-hydrogen) atoms. The van der Waals surface area contributed by atoms with Crippen LogP contribution in [0.4, 0.5) is 4.79 Å². The fraction of sp³-hybridized carbons (Fsp3) is 0.545. The molecule has 2 aromatic carbocycles. The van der Waals surface area contributed by atoms with Crippen LogP contribution < -0.4 is 38.5 Å². The van der Waals surface area contributed by atoms with E-state index in [9.17, 15) is 43.5 Å². The quantitative estimate of drug-likeness (QED) is 0.105. The van der Waals surface area contributed by atoms with Crippen molar-refractivity contribution in [1.82, 2.24) is 31.1 Å². The van der Waals surface area contributed by atoms with Gasteiger partial charge in [-0.15, -0.1) is 0 Å². The lowest BCUT2D eigenvalue weighted by atomic mass is 9.95. The summed E-state index contributed by atoms with van der Waals surface area (Å²) in [6.07, 6.45) is 1.93. The summed E-state index contributed by atoms with van der Waals surface area (Å²) in [4.78, 5) is 111. The molecule has 2 aromatic rings. The molecule has 0 radical (unpaired) electrons. The first kappa shape index (κ1) is 50.3. The number of rotatable bonds is 17. The lowest BCUT2D eigenvalue weighted by Gasteiger charge is -2.36. The first-order chi connectivity index (χ1) is 29.6. The first-order valence-corrected chi connectivity index (χ1v) is 21.4. The van der Waals surface area contributed by atoms with Gasteiger partial charge in [-0.25, -0.2) is 9.59 Å². The van der Waals surface area contributed by atoms with Crippen LogP contribution in [-0.4, -0.2) is 119 Å². The zero-order valence-electron chi connectivity index (χ0n) is 36.1. The number of carboxylic acids is 1. The minimum absolute atomic E-state index is 0.0455. The van der Waals surface area contributed by atoms with E-state index in [1.807, 2.05) is 30.3 Å². The number of nitrogens with two attached hydrogens (primary N) is 3. The van der Waals surface area contributed by atoms with E-state index < -0.39 is 96.0 Å². The molecule has 3 rings (SSSR count). The van der Waals surface area contributed by atoms with Crippen LogP contribution in [0, 0.1) is 5.92 Å². The Bertz CT molecular complexity index is 1820. The van der Waals surface area contributed by atoms with Gasteiger partial charge in [0.15, 0.2) is 0 Å². The van der Waals surface area contributed by atoms with Crippen molar-refractivity contribution >= 4 is 47.4 Å². The molecule has 0 aliphatic carbocycles. The second-order valence-electron chi connectivity index (χ2n) is 15.9. The first-order valence-electron chi connectivity index (χ1n) is 21.4. The summed E-state index contributed by atoms with van der Waals surface area (Å²) in [7, 11) is 1.31. The van der Waals surface area contributed by atoms with Crippen LogP contribution in [0.15, 0.2) is 60.7 Å². The van der Waals surface area contributed by atoms with Crippen molar-refractivity contribution in [3.63, 3.8) is 0 Å². The molecule has 0 spiro atoms. The molecule has 18 heteroatoms. The molecule has 1 fully saturated rings. The Morgan fingerprint density at radius 1 is 0.823 bits per heavy atom. The normalized spacial score (nSPS) is 22.0. The van der Waals surface area contributed by atoms with E-state index in [1.54, 1.807) is 44.2 Å². The molecule has 1 unspecified atom stereocenters. The predicted molar refractivity (Wildman–Crippen MR) is 232 cm³/mol. The Morgan fingerprint density at radius 2 is 1.45 bits per heavy atom. The number of urea groups is 1. The summed E-state index contributed by atoms with van der Waals surface area (Å²) in [5.74, 6) is -6.50. The van der Waals surface area contributed by atoms with Gasteiger partial charge in [0.1, 0.15) is 36.3 Å². The van der Waals surface area contributed by atoms with E-state index in [0.29, 0.717) is 37.7 Å². The maximum absolute atomic E-state index is 14.5. The molecule has 8 amide bonds. The van der Waals surface area contributed by atoms with Crippen LogP contribution in [0.2, 0.25) is 0 Å². The zero-order chi connectivity index (χ0) is 45.8. The molecule has 18 nitrogen and oxygen atoms in total. The van der Waals surface area contributed by atoms with Gasteiger partial charge >= 0.3 is 12.0 Å². The number of carboxylic acid groups (broad SMARTS) is 1. The highest BCUT2D eigenvalue weighted by molar-refractivity contribution is 5.98. The van der Waals surface area contributed by atoms with Crippen LogP contribution in [0.1, 0.15) is 89.2 Å². The molecular formula is C44H65N9O9. The molecule has 7 atom stereocenters. The number of aryl methyl sites for hydroxylation is 1. The van der Waals surface area contributed by atoms with Gasteiger partial charge in [-0.1, -0.05) is 80.9 Å². The van der Waals surface area contributed by atoms with E-state index in [1.165, 1.54) is 7.05 Å². The molecule has 0 bridgehead atoms. The number of aliphatic carboxylic acids is 1. The van der Waals surface area contributed by atoms with Crippen molar-refractivity contribution in [3.05, 3.63) is 71.8 Å². The van der Waals surface area contributed by atoms with Gasteiger partial charge in [0.2, 0.25) is 35.4 Å². The van der Waals surface area contributed by atoms with E-state index >= 15 is 0 Å². The lowest BCUT2D eigenvalue weighted by molar-refractivity contribution is -0.145. The third kappa shape index (κ3) is 15.5. The second kappa shape index (κ2) is 25.7. The predicted octanol–water partition coefficient (Wildman–Crippen LogP) is 1.09. The Hall–Kier alpha value is -6.04. The number of amides is 8. The summed E-state index contributed by atoms with van der Waals surface area (Å²) in [5.41, 5.74) is 18.8. The number of hydrogen-bond acceptors (Lipinski definition) is 9. The number of unbranched alkanes of at least 4 members (excludes halogenated alkanes) is 1. The number of likely N-dealkylation sites (N-methyl/N-ethyl adjacent to an activating group) is 1. The number of carbonyl (C=O) groups excluding carboxylic acids is 7. The molecule has 0 aromatic heterocycles. The van der Waals surface area contributed by atoms with Gasteiger partial charge in [0.05, 0.1) is 6.42 Å². The van der Waals surface area contributed by atoms with Crippen molar-refractivity contribution < 1.29 is 43.5 Å². The Labute approximate surface area is 363 Å². The largest absolute Gasteiger partial charge is 0.480 e. The number of carbonyl (C=O) groups is 8. The highest BCUT2D eigenvalue weighted by Gasteiger charge is 2.41. The molecular weight excluding hydrogens is 799 g/mol. The number of nitrogens with zero attached hydrogens (tertiary/aromatic N) is 2. The molecule has 11 N–H and O–H groups in total. The summed E-state index contributed by atoms with van der Waals surface area (Å²) < 4.78 is 0. The summed E-state index contributed by atoms with van der Waals surface area (Å²) in [5, 5.41) is 21.4. The van der Waals surface area contributed by atoms with E-state index in [4.69, 9.17) is 17.2 Å². The van der Waals surface area contributed by atoms with Crippen LogP contribution in [-0.2, 0) is 46.4 Å². The highest BCUT2D eigenvalue weighted by Crippen LogP contribution is 2.20. The molecule has 1 saturated heterocycles. The van der Waals surface area contributed by atoms with Crippen LogP contribution in [0.5, 0.6) is 0 Å². The Morgan fingerprint density at radius 3 is 2.03 bits per heavy atom. The SMILES string of the molecule is CCC(C)[C@@H]1NC(=O)[C@H](N(C(N)=O)[C@@H](CCCCN)C(=O)O)CCCCNC(=O)[C@H](Cc2ccccc2)NC(=O)[C@H](CC(N)=O)N(C)C(=O)[C@H](CCCc2ccccc2)NC1=O. The van der Waals surface area contributed by atoms with Gasteiger partial charge in [0, 0.05) is 20.0 Å². The Kier molecular flexibility index (Phi) is 20.8. The minimum atomic E-state index is -1.50. The van der Waals surface area contributed by atoms with Crippen LogP contribution in [0.25, 0.3) is 0 Å². The van der Waals surface area contributed by atoms with Crippen molar-refractivity contribution in [1.29, 1.82) is 0 Å². The fourth-order valence-corrected chi connectivity index (χ4v) is 7.53. The highest BCUT2D eigenvalue weighted by atomic mass is 16.4. The summed E-state index contributed by atoms with van der Waals surface area (Å²) >= 11 is 0. The third-order valence-electron chi connectivity index (χ3n) is 11.3. The standard InChI is InChI=1S/C44H65N9O9/c1-4-28(2)37-41(58)49-31(21-15-20-29-16-7-5-8-17-29)42(59)52(3)35(27-36(46)54)40(57)50-32(26-30-18-9-6-10-19-30)38(55)48-25-14-12-22-33(39(56)51-37)53(44(47)62)34(43(60)61)23-11-13-24-45/h5-10,16-19,28,31-35,37H,4,11-15,20-27,45H2,1-3H3,(H2,46,54)(H2,47,62)(H,48,55)(H,49,58)(H,50,57)(H,51,56)(H,60,61)/t28?,31-,32-,33+,34-,35-,37-/m0/s1. The average molecular weight is 864 g/mol. The number of primary amides is 2. The maximum atomic E-state index is 14.5. The smallest absolute Gasteiger partial charge is 0.326 e. The van der Waals surface area contributed by atoms with E-state index in [0.717, 1.165) is 15.4 Å². The minimum Gasteiger partial charge on any atom is -0.480 e. The summed E-state index contributed by atoms with van der Waals surface area (Å²) in [6, 6.07) is 9.05. The van der Waals surface area contributed by atoms with Crippen LogP contribution >= 0.6 is 0 Å². The molecule has 1 aliphatic heterocycles. The topological polar surface area (TPSA) is 289 Å². The molecule has 1 aliphatic rings. The number of benzene rings is 2. The van der Waals surface area contributed by atoms with Gasteiger partial charge < -0.3 is 48.5 Å². The molecule has 0 saturated carbocycles. The van der Waals surface area contributed by atoms with Gasteiger partial charge in [-0.05, 0) is 81.4 Å². The number of hydrogen-bond donors (Lipinski definition) is 8. The van der Waals surface area contributed by atoms with Crippen molar-refractivity contribution in [2.24, 2.45) is 23.1 Å². The molecule has 340 valence electrons.